The third-order valence-electron chi connectivity index (χ3n) is 3.11. The van der Waals surface area contributed by atoms with Gasteiger partial charge in [-0.3, -0.25) is 0 Å². The van der Waals surface area contributed by atoms with Gasteiger partial charge in [0.1, 0.15) is 22.0 Å². The summed E-state index contributed by atoms with van der Waals surface area (Å²) in [5.41, 5.74) is 6.83. The number of hydrogen-bond acceptors (Lipinski definition) is 9. The molecule has 0 aliphatic rings. The Kier molecular flexibility index (Phi) is 6.31. The maximum atomic E-state index is 11.9. The Morgan fingerprint density at radius 1 is 1.20 bits per heavy atom. The lowest BCUT2D eigenvalue weighted by atomic mass is 10.1. The van der Waals surface area contributed by atoms with Crippen LogP contribution in [0, 0.1) is 0 Å². The van der Waals surface area contributed by atoms with E-state index in [2.05, 4.69) is 9.47 Å². The van der Waals surface area contributed by atoms with E-state index in [0.717, 1.165) is 16.9 Å². The van der Waals surface area contributed by atoms with E-state index in [1.165, 1.54) is 31.6 Å². The molecule has 25 heavy (non-hydrogen) atoms. The van der Waals surface area contributed by atoms with Crippen LogP contribution < -0.4 is 5.73 Å². The molecule has 0 amide bonds. The number of carbonyl (C=O) groups is 3. The molecule has 7 nitrogen and oxygen atoms in total. The molecule has 0 fully saturated rings. The van der Waals surface area contributed by atoms with Gasteiger partial charge < -0.3 is 19.9 Å². The molecule has 0 saturated carbocycles. The first-order valence-corrected chi connectivity index (χ1v) is 8.68. The second-order valence-corrected chi connectivity index (χ2v) is 6.46. The molecule has 0 atom stereocenters. The quantitative estimate of drug-likeness (QED) is 0.466. The molecule has 2 aromatic rings. The van der Waals surface area contributed by atoms with E-state index < -0.39 is 17.9 Å². The van der Waals surface area contributed by atoms with Crippen molar-refractivity contribution >= 4 is 51.7 Å². The monoisotopic (exact) mass is 381 g/mol. The Morgan fingerprint density at radius 3 is 2.52 bits per heavy atom. The number of nitrogens with two attached hydrogens (primary N) is 1. The largest absolute Gasteiger partial charge is 0.465 e. The first-order valence-electron chi connectivity index (χ1n) is 6.92. The molecule has 132 valence electrons. The van der Waals surface area contributed by atoms with Crippen LogP contribution >= 0.6 is 22.7 Å². The molecule has 0 bridgehead atoms. The number of nitrogen functional groups attached to an aromatic ring is 1. The molecule has 0 aromatic carbocycles. The van der Waals surface area contributed by atoms with Crippen molar-refractivity contribution in [3.8, 4) is 0 Å². The Morgan fingerprint density at radius 2 is 1.92 bits per heavy atom. The molecule has 0 saturated heterocycles. The predicted octanol–water partition coefficient (Wildman–Crippen LogP) is 2.72. The maximum Gasteiger partial charge on any atom is 0.348 e. The number of thiophene rings is 2. The molecule has 2 heterocycles. The standard InChI is InChI=1S/C16H15NO6S2/c1-21-15(19)12-10(13(16(20)22-2)25-14(12)17)7-23-11(18)4-3-9-5-6-24-8-9/h3-6,8H,7,17H2,1-2H3/b4-3+. The van der Waals surface area contributed by atoms with Crippen molar-refractivity contribution in [2.45, 2.75) is 6.61 Å². The van der Waals surface area contributed by atoms with Gasteiger partial charge in [-0.15, -0.1) is 11.3 Å². The van der Waals surface area contributed by atoms with Gasteiger partial charge >= 0.3 is 17.9 Å². The summed E-state index contributed by atoms with van der Waals surface area (Å²) in [6, 6.07) is 1.85. The van der Waals surface area contributed by atoms with E-state index in [-0.39, 0.29) is 27.6 Å². The molecule has 0 aliphatic heterocycles. The van der Waals surface area contributed by atoms with E-state index >= 15 is 0 Å². The van der Waals surface area contributed by atoms with Crippen molar-refractivity contribution in [3.05, 3.63) is 44.5 Å². The van der Waals surface area contributed by atoms with Gasteiger partial charge in [0, 0.05) is 11.6 Å². The van der Waals surface area contributed by atoms with Crippen LogP contribution in [0.5, 0.6) is 0 Å². The van der Waals surface area contributed by atoms with E-state index in [1.54, 1.807) is 6.08 Å². The lowest BCUT2D eigenvalue weighted by molar-refractivity contribution is -0.138. The molecule has 0 unspecified atom stereocenters. The number of carbonyl (C=O) groups excluding carboxylic acids is 3. The average Bonchev–Trinajstić information content (AvgIpc) is 3.24. The number of esters is 3. The smallest absolute Gasteiger partial charge is 0.348 e. The summed E-state index contributed by atoms with van der Waals surface area (Å²) in [5, 5.41) is 3.84. The van der Waals surface area contributed by atoms with Crippen LogP contribution in [0.25, 0.3) is 6.08 Å². The lowest BCUT2D eigenvalue weighted by Gasteiger charge is -2.06. The number of ether oxygens (including phenoxy) is 3. The van der Waals surface area contributed by atoms with Crippen molar-refractivity contribution in [1.29, 1.82) is 0 Å². The van der Waals surface area contributed by atoms with Gasteiger partial charge in [0.25, 0.3) is 0 Å². The molecule has 0 radical (unpaired) electrons. The van der Waals surface area contributed by atoms with Crippen LogP contribution in [0.2, 0.25) is 0 Å². The van der Waals surface area contributed by atoms with Gasteiger partial charge in [-0.25, -0.2) is 14.4 Å². The van der Waals surface area contributed by atoms with E-state index in [1.807, 2.05) is 16.8 Å². The van der Waals surface area contributed by atoms with Gasteiger partial charge in [0.15, 0.2) is 0 Å². The number of anilines is 1. The summed E-state index contributed by atoms with van der Waals surface area (Å²) in [6.07, 6.45) is 2.86. The third-order valence-corrected chi connectivity index (χ3v) is 4.85. The third kappa shape index (κ3) is 4.46. The summed E-state index contributed by atoms with van der Waals surface area (Å²) in [6.45, 7) is -0.310. The Hall–Kier alpha value is -2.65. The molecular weight excluding hydrogens is 366 g/mol. The van der Waals surface area contributed by atoms with Crippen LogP contribution in [0.15, 0.2) is 22.9 Å². The minimum absolute atomic E-state index is 0.00233. The minimum Gasteiger partial charge on any atom is -0.465 e. The highest BCUT2D eigenvalue weighted by Gasteiger charge is 2.27. The van der Waals surface area contributed by atoms with Crippen molar-refractivity contribution in [2.75, 3.05) is 20.0 Å². The van der Waals surface area contributed by atoms with E-state index in [0.29, 0.717) is 0 Å². The lowest BCUT2D eigenvalue weighted by Crippen LogP contribution is -2.11. The second-order valence-electron chi connectivity index (χ2n) is 4.63. The summed E-state index contributed by atoms with van der Waals surface area (Å²) in [4.78, 5) is 35.7. The fourth-order valence-electron chi connectivity index (χ4n) is 1.93. The minimum atomic E-state index is -0.719. The summed E-state index contributed by atoms with van der Waals surface area (Å²) in [5.74, 6) is -2.02. The average molecular weight is 381 g/mol. The number of rotatable bonds is 6. The molecule has 2 aromatic heterocycles. The van der Waals surface area contributed by atoms with Crippen molar-refractivity contribution in [1.82, 2.24) is 0 Å². The summed E-state index contributed by atoms with van der Waals surface area (Å²) in [7, 11) is 2.39. The highest BCUT2D eigenvalue weighted by atomic mass is 32.1. The predicted molar refractivity (Wildman–Crippen MR) is 94.6 cm³/mol. The highest BCUT2D eigenvalue weighted by Crippen LogP contribution is 2.33. The zero-order chi connectivity index (χ0) is 18.4. The van der Waals surface area contributed by atoms with Crippen molar-refractivity contribution in [2.24, 2.45) is 0 Å². The van der Waals surface area contributed by atoms with E-state index in [9.17, 15) is 14.4 Å². The van der Waals surface area contributed by atoms with Gasteiger partial charge in [-0.05, 0) is 28.5 Å². The topological polar surface area (TPSA) is 105 Å². The summed E-state index contributed by atoms with van der Waals surface area (Å²) >= 11 is 2.38. The van der Waals surface area contributed by atoms with Crippen LogP contribution in [0.3, 0.4) is 0 Å². The molecule has 9 heteroatoms. The number of methoxy groups -OCH3 is 2. The number of hydrogen-bond donors (Lipinski definition) is 1. The van der Waals surface area contributed by atoms with Crippen LogP contribution in [-0.2, 0) is 25.6 Å². The first kappa shape index (κ1) is 18.7. The maximum absolute atomic E-state index is 11.9. The Labute approximate surface area is 151 Å². The molecule has 2 rings (SSSR count). The second kappa shape index (κ2) is 8.45. The molecule has 2 N–H and O–H groups in total. The SMILES string of the molecule is COC(=O)c1sc(N)c(C(=O)OC)c1COC(=O)/C=C/c1ccsc1. The van der Waals surface area contributed by atoms with Crippen LogP contribution in [0.1, 0.15) is 31.2 Å². The van der Waals surface area contributed by atoms with E-state index in [4.69, 9.17) is 10.5 Å². The van der Waals surface area contributed by atoms with Gasteiger partial charge in [0.2, 0.25) is 0 Å². The zero-order valence-electron chi connectivity index (χ0n) is 13.4. The fraction of sp³-hybridized carbons (Fsp3) is 0.188. The molecular formula is C16H15NO6S2. The fourth-order valence-corrected chi connectivity index (χ4v) is 3.54. The van der Waals surface area contributed by atoms with Crippen LogP contribution in [0.4, 0.5) is 5.00 Å². The van der Waals surface area contributed by atoms with Gasteiger partial charge in [-0.1, -0.05) is 0 Å². The molecule has 0 spiro atoms. The van der Waals surface area contributed by atoms with Crippen molar-refractivity contribution < 1.29 is 28.6 Å². The normalized spacial score (nSPS) is 10.6. The Balaban J connectivity index is 2.20. The summed E-state index contributed by atoms with van der Waals surface area (Å²) < 4.78 is 14.5. The van der Waals surface area contributed by atoms with Gasteiger partial charge in [-0.2, -0.15) is 11.3 Å². The first-order chi connectivity index (χ1) is 12.0. The van der Waals surface area contributed by atoms with Crippen molar-refractivity contribution in [3.63, 3.8) is 0 Å². The van der Waals surface area contributed by atoms with Gasteiger partial charge in [0.05, 0.1) is 14.2 Å². The Bertz CT molecular complexity index is 807. The van der Waals surface area contributed by atoms with Crippen LogP contribution in [-0.4, -0.2) is 32.1 Å². The zero-order valence-corrected chi connectivity index (χ0v) is 15.1. The molecule has 0 aliphatic carbocycles. The highest BCUT2D eigenvalue weighted by molar-refractivity contribution is 7.18.